The van der Waals surface area contributed by atoms with E-state index in [-0.39, 0.29) is 0 Å². The standard InChI is InChI=1S/C13H22O11/c1-13(11(20)8(18)6(16)4(2-14)23-13)24-10-5(3-15)22-12(21)9(19)7(10)17/h4-11,14-20H,2-3H2,1H3/t4-,5-,6-,7-,8+,9-,10-,11-,13-/m1/s1. The first-order valence-electron chi connectivity index (χ1n) is 7.34. The largest absolute Gasteiger partial charge is 0.455 e. The Bertz CT molecular complexity index is 455. The Labute approximate surface area is 136 Å². The minimum Gasteiger partial charge on any atom is -0.455 e. The normalized spacial score (nSPS) is 49.8. The van der Waals surface area contributed by atoms with E-state index in [9.17, 15) is 40.5 Å². The molecule has 2 heterocycles. The van der Waals surface area contributed by atoms with Crippen LogP contribution in [-0.2, 0) is 19.0 Å². The summed E-state index contributed by atoms with van der Waals surface area (Å²) in [7, 11) is 0. The first-order chi connectivity index (χ1) is 11.2. The van der Waals surface area contributed by atoms with Crippen molar-refractivity contribution in [3.63, 3.8) is 0 Å². The lowest BCUT2D eigenvalue weighted by Gasteiger charge is -2.49. The van der Waals surface area contributed by atoms with Gasteiger partial charge in [0.15, 0.2) is 18.0 Å². The van der Waals surface area contributed by atoms with Crippen molar-refractivity contribution in [1.29, 1.82) is 0 Å². The van der Waals surface area contributed by atoms with Gasteiger partial charge in [0.25, 0.3) is 0 Å². The highest BCUT2D eigenvalue weighted by Gasteiger charge is 2.56. The molecule has 7 N–H and O–H groups in total. The number of cyclic esters (lactones) is 1. The zero-order valence-electron chi connectivity index (χ0n) is 12.8. The van der Waals surface area contributed by atoms with E-state index in [4.69, 9.17) is 14.2 Å². The molecule has 0 spiro atoms. The predicted molar refractivity (Wildman–Crippen MR) is 72.2 cm³/mol. The number of rotatable bonds is 4. The Morgan fingerprint density at radius 2 is 1.58 bits per heavy atom. The lowest BCUT2D eigenvalue weighted by molar-refractivity contribution is -0.382. The molecule has 11 heteroatoms. The van der Waals surface area contributed by atoms with Gasteiger partial charge in [0, 0.05) is 0 Å². The molecule has 0 unspecified atom stereocenters. The van der Waals surface area contributed by atoms with E-state index in [1.165, 1.54) is 6.92 Å². The van der Waals surface area contributed by atoms with Crippen LogP contribution in [-0.4, -0.2) is 110 Å². The van der Waals surface area contributed by atoms with Crippen LogP contribution in [0.15, 0.2) is 0 Å². The Morgan fingerprint density at radius 1 is 1.00 bits per heavy atom. The number of ether oxygens (including phenoxy) is 3. The van der Waals surface area contributed by atoms with Gasteiger partial charge >= 0.3 is 5.97 Å². The number of aliphatic hydroxyl groups excluding tert-OH is 7. The first-order valence-corrected chi connectivity index (χ1v) is 7.34. The first kappa shape index (κ1) is 19.4. The molecule has 0 amide bonds. The number of carbonyl (C=O) groups is 1. The third-order valence-corrected chi connectivity index (χ3v) is 4.24. The Balaban J connectivity index is 2.24. The van der Waals surface area contributed by atoms with Crippen LogP contribution in [0.5, 0.6) is 0 Å². The van der Waals surface area contributed by atoms with E-state index in [2.05, 4.69) is 0 Å². The van der Waals surface area contributed by atoms with Gasteiger partial charge in [-0.2, -0.15) is 0 Å². The number of esters is 1. The van der Waals surface area contributed by atoms with Crippen LogP contribution in [0, 0.1) is 0 Å². The Hall–Kier alpha value is -0.890. The molecule has 2 fully saturated rings. The number of hydrogen-bond acceptors (Lipinski definition) is 11. The zero-order valence-corrected chi connectivity index (χ0v) is 12.8. The van der Waals surface area contributed by atoms with E-state index in [1.807, 2.05) is 0 Å². The SMILES string of the molecule is C[C@]1(O[C@H]2[C@H](O)[C@@H](O)C(=O)O[C@@H]2CO)O[C@H](CO)[C@@H](O)[C@H](O)[C@H]1O. The highest BCUT2D eigenvalue weighted by atomic mass is 16.7. The predicted octanol–water partition coefficient (Wildman–Crippen LogP) is -4.80. The van der Waals surface area contributed by atoms with Gasteiger partial charge in [-0.15, -0.1) is 0 Å². The third kappa shape index (κ3) is 3.27. The second-order valence-electron chi connectivity index (χ2n) is 5.96. The van der Waals surface area contributed by atoms with E-state index in [0.717, 1.165) is 0 Å². The zero-order chi connectivity index (χ0) is 18.2. The maximum absolute atomic E-state index is 11.4. The molecule has 0 aromatic rings. The lowest BCUT2D eigenvalue weighted by atomic mass is 9.92. The van der Waals surface area contributed by atoms with E-state index in [1.54, 1.807) is 0 Å². The summed E-state index contributed by atoms with van der Waals surface area (Å²) in [5.41, 5.74) is 0. The molecule has 2 saturated heterocycles. The number of carbonyl (C=O) groups excluding carboxylic acids is 1. The van der Waals surface area contributed by atoms with Gasteiger partial charge in [-0.3, -0.25) is 0 Å². The van der Waals surface area contributed by atoms with Gasteiger partial charge < -0.3 is 50.0 Å². The van der Waals surface area contributed by atoms with Crippen LogP contribution < -0.4 is 0 Å². The van der Waals surface area contributed by atoms with Gasteiger partial charge in [0.2, 0.25) is 0 Å². The molecule has 140 valence electrons. The minimum atomic E-state index is -2.03. The Kier molecular flexibility index (Phi) is 5.79. The maximum Gasteiger partial charge on any atom is 0.338 e. The quantitative estimate of drug-likeness (QED) is 0.240. The summed E-state index contributed by atoms with van der Waals surface area (Å²) in [6.07, 6.45) is -13.0. The molecule has 11 nitrogen and oxygen atoms in total. The van der Waals surface area contributed by atoms with Crippen LogP contribution in [0.2, 0.25) is 0 Å². The fourth-order valence-electron chi connectivity index (χ4n) is 2.78. The van der Waals surface area contributed by atoms with Gasteiger partial charge in [-0.25, -0.2) is 4.79 Å². The summed E-state index contributed by atoms with van der Waals surface area (Å²) in [6, 6.07) is 0. The molecule has 0 radical (unpaired) electrons. The Morgan fingerprint density at radius 3 is 2.12 bits per heavy atom. The summed E-state index contributed by atoms with van der Waals surface area (Å²) in [4.78, 5) is 11.4. The molecule has 0 saturated carbocycles. The van der Waals surface area contributed by atoms with E-state index >= 15 is 0 Å². The molecular weight excluding hydrogens is 332 g/mol. The molecule has 2 aliphatic rings. The van der Waals surface area contributed by atoms with Crippen LogP contribution >= 0.6 is 0 Å². The maximum atomic E-state index is 11.4. The van der Waals surface area contributed by atoms with Crippen LogP contribution in [0.4, 0.5) is 0 Å². The van der Waals surface area contributed by atoms with Crippen LogP contribution in [0.1, 0.15) is 6.92 Å². The average Bonchev–Trinajstić information content (AvgIpc) is 2.57. The molecule has 0 aromatic carbocycles. The fourth-order valence-corrected chi connectivity index (χ4v) is 2.78. The van der Waals surface area contributed by atoms with Crippen molar-refractivity contribution in [2.75, 3.05) is 13.2 Å². The number of aliphatic hydroxyl groups is 7. The smallest absolute Gasteiger partial charge is 0.338 e. The van der Waals surface area contributed by atoms with E-state index in [0.29, 0.717) is 0 Å². The highest BCUT2D eigenvalue weighted by molar-refractivity contribution is 5.76. The fraction of sp³-hybridized carbons (Fsp3) is 0.923. The van der Waals surface area contributed by atoms with Crippen LogP contribution in [0.3, 0.4) is 0 Å². The molecule has 0 aliphatic carbocycles. The molecular formula is C13H22O11. The molecule has 2 rings (SSSR count). The topological polar surface area (TPSA) is 186 Å². The second-order valence-corrected chi connectivity index (χ2v) is 5.96. The van der Waals surface area contributed by atoms with Gasteiger partial charge in [0.05, 0.1) is 13.2 Å². The minimum absolute atomic E-state index is 0.696. The summed E-state index contributed by atoms with van der Waals surface area (Å²) < 4.78 is 15.4. The lowest BCUT2D eigenvalue weighted by Crippen LogP contribution is -2.68. The summed E-state index contributed by atoms with van der Waals surface area (Å²) in [6.45, 7) is -0.279. The van der Waals surface area contributed by atoms with Crippen LogP contribution in [0.25, 0.3) is 0 Å². The van der Waals surface area contributed by atoms with Gasteiger partial charge in [-0.1, -0.05) is 0 Å². The summed E-state index contributed by atoms with van der Waals surface area (Å²) in [5, 5.41) is 67.8. The molecule has 0 aromatic heterocycles. The molecule has 0 bridgehead atoms. The third-order valence-electron chi connectivity index (χ3n) is 4.24. The van der Waals surface area contributed by atoms with Crippen molar-refractivity contribution in [3.8, 4) is 0 Å². The average molecular weight is 354 g/mol. The van der Waals surface area contributed by atoms with Crippen molar-refractivity contribution in [2.24, 2.45) is 0 Å². The van der Waals surface area contributed by atoms with E-state index < -0.39 is 73.8 Å². The van der Waals surface area contributed by atoms with Crippen molar-refractivity contribution in [1.82, 2.24) is 0 Å². The summed E-state index contributed by atoms with van der Waals surface area (Å²) >= 11 is 0. The monoisotopic (exact) mass is 354 g/mol. The van der Waals surface area contributed by atoms with Crippen molar-refractivity contribution >= 4 is 5.97 Å². The molecule has 24 heavy (non-hydrogen) atoms. The summed E-state index contributed by atoms with van der Waals surface area (Å²) in [5.74, 6) is -3.19. The van der Waals surface area contributed by atoms with Gasteiger partial charge in [-0.05, 0) is 6.92 Å². The second kappa shape index (κ2) is 7.15. The van der Waals surface area contributed by atoms with Crippen molar-refractivity contribution < 1.29 is 54.8 Å². The molecule has 2 aliphatic heterocycles. The molecule has 9 atom stereocenters. The van der Waals surface area contributed by atoms with Gasteiger partial charge in [0.1, 0.15) is 36.6 Å². The van der Waals surface area contributed by atoms with Crippen molar-refractivity contribution in [2.45, 2.75) is 61.5 Å². The van der Waals surface area contributed by atoms with Crippen molar-refractivity contribution in [3.05, 3.63) is 0 Å². The number of hydrogen-bond donors (Lipinski definition) is 7. The highest BCUT2D eigenvalue weighted by Crippen LogP contribution is 2.34.